The summed E-state index contributed by atoms with van der Waals surface area (Å²) in [5.74, 6) is -0.838. The first kappa shape index (κ1) is 17.8. The fraction of sp³-hybridized carbons (Fsp3) is 0.381. The summed E-state index contributed by atoms with van der Waals surface area (Å²) in [5, 5.41) is 10.5. The van der Waals surface area contributed by atoms with Gasteiger partial charge >= 0.3 is 5.97 Å². The van der Waals surface area contributed by atoms with E-state index in [4.69, 9.17) is 23.2 Å². The predicted octanol–water partition coefficient (Wildman–Crippen LogP) is 5.44. The summed E-state index contributed by atoms with van der Waals surface area (Å²) in [5.41, 5.74) is 4.67. The van der Waals surface area contributed by atoms with Crippen molar-refractivity contribution >= 4 is 29.2 Å². The summed E-state index contributed by atoms with van der Waals surface area (Å²) in [6.45, 7) is 1.72. The van der Waals surface area contributed by atoms with Gasteiger partial charge in [0.1, 0.15) is 0 Å². The molecule has 1 atom stereocenters. The third-order valence-electron chi connectivity index (χ3n) is 5.76. The van der Waals surface area contributed by atoms with E-state index in [0.717, 1.165) is 49.9 Å². The molecule has 5 heteroatoms. The Bertz CT molecular complexity index is 824. The number of carboxylic acid groups (broad SMARTS) is 1. The number of hydrogen-bond acceptors (Lipinski definition) is 2. The highest BCUT2D eigenvalue weighted by Gasteiger charge is 2.32. The van der Waals surface area contributed by atoms with Crippen LogP contribution >= 0.6 is 23.2 Å². The fourth-order valence-corrected chi connectivity index (χ4v) is 4.98. The Morgan fingerprint density at radius 3 is 2.38 bits per heavy atom. The van der Waals surface area contributed by atoms with E-state index in [1.54, 1.807) is 0 Å². The number of hydrogen-bond donors (Lipinski definition) is 1. The van der Waals surface area contributed by atoms with Gasteiger partial charge in [0.25, 0.3) is 0 Å². The molecule has 1 aliphatic carbocycles. The van der Waals surface area contributed by atoms with Crippen molar-refractivity contribution in [1.29, 1.82) is 0 Å². The molecule has 4 rings (SSSR count). The van der Waals surface area contributed by atoms with Crippen LogP contribution in [-0.2, 0) is 11.2 Å². The summed E-state index contributed by atoms with van der Waals surface area (Å²) in [4.78, 5) is 13.6. The van der Waals surface area contributed by atoms with E-state index in [0.29, 0.717) is 16.1 Å². The van der Waals surface area contributed by atoms with Gasteiger partial charge in [0.15, 0.2) is 0 Å². The molecule has 1 saturated heterocycles. The molecule has 1 fully saturated rings. The van der Waals surface area contributed by atoms with Gasteiger partial charge in [-0.05, 0) is 67.6 Å². The predicted molar refractivity (Wildman–Crippen MR) is 105 cm³/mol. The van der Waals surface area contributed by atoms with Gasteiger partial charge in [-0.25, -0.2) is 0 Å². The summed E-state index contributed by atoms with van der Waals surface area (Å²) < 4.78 is 0. The van der Waals surface area contributed by atoms with Crippen molar-refractivity contribution in [1.82, 2.24) is 4.90 Å². The van der Waals surface area contributed by atoms with Crippen LogP contribution in [0, 0.1) is 5.92 Å². The summed E-state index contributed by atoms with van der Waals surface area (Å²) >= 11 is 12.7. The van der Waals surface area contributed by atoms with Crippen LogP contribution in [0.2, 0.25) is 10.0 Å². The second-order valence-corrected chi connectivity index (χ2v) is 8.03. The molecule has 1 unspecified atom stereocenters. The maximum Gasteiger partial charge on any atom is 0.306 e. The average Bonchev–Trinajstić information content (AvgIpc) is 3.05. The van der Waals surface area contributed by atoms with Gasteiger partial charge in [-0.1, -0.05) is 47.5 Å². The molecule has 1 heterocycles. The molecule has 3 nitrogen and oxygen atoms in total. The van der Waals surface area contributed by atoms with Crippen molar-refractivity contribution in [3.8, 4) is 11.1 Å². The van der Waals surface area contributed by atoms with Crippen LogP contribution in [0.4, 0.5) is 0 Å². The van der Waals surface area contributed by atoms with E-state index in [1.165, 1.54) is 11.1 Å². The molecule has 1 aliphatic heterocycles. The van der Waals surface area contributed by atoms with E-state index in [9.17, 15) is 9.90 Å². The molecule has 2 aliphatic rings. The molecule has 1 N–H and O–H groups in total. The molecule has 0 aromatic heterocycles. The number of fused-ring (bicyclic) bond motifs is 1. The molecule has 0 amide bonds. The first-order valence-corrected chi connectivity index (χ1v) is 9.84. The maximum absolute atomic E-state index is 11.2. The highest BCUT2D eigenvalue weighted by atomic mass is 35.5. The molecule has 0 saturated carbocycles. The fourth-order valence-electron chi connectivity index (χ4n) is 4.36. The number of rotatable bonds is 3. The topological polar surface area (TPSA) is 40.5 Å². The van der Waals surface area contributed by atoms with Crippen LogP contribution in [0.1, 0.15) is 36.4 Å². The standard InChI is InChI=1S/C21H21Cl2NO2/c22-17-2-1-3-18(23)20(17)15-4-6-16-14(12-15)5-7-19(16)24-10-8-13(9-11-24)21(25)26/h1-4,6,12-13,19H,5,7-11H2,(H,25,26). The molecular weight excluding hydrogens is 369 g/mol. The van der Waals surface area contributed by atoms with Crippen LogP contribution in [0.15, 0.2) is 36.4 Å². The van der Waals surface area contributed by atoms with E-state index >= 15 is 0 Å². The largest absolute Gasteiger partial charge is 0.481 e. The Hall–Kier alpha value is -1.55. The molecule has 0 bridgehead atoms. The third kappa shape index (κ3) is 3.24. The van der Waals surface area contributed by atoms with Crippen LogP contribution in [0.5, 0.6) is 0 Å². The molecule has 0 radical (unpaired) electrons. The van der Waals surface area contributed by atoms with Crippen LogP contribution < -0.4 is 0 Å². The Labute approximate surface area is 163 Å². The quantitative estimate of drug-likeness (QED) is 0.758. The Balaban J connectivity index is 1.57. The lowest BCUT2D eigenvalue weighted by Crippen LogP contribution is -2.38. The number of halogens is 2. The van der Waals surface area contributed by atoms with Gasteiger partial charge in [0.05, 0.1) is 5.92 Å². The number of aliphatic carboxylic acids is 1. The van der Waals surface area contributed by atoms with Crippen molar-refractivity contribution in [2.24, 2.45) is 5.92 Å². The van der Waals surface area contributed by atoms with Gasteiger partial charge < -0.3 is 5.11 Å². The minimum absolute atomic E-state index is 0.183. The first-order chi connectivity index (χ1) is 12.5. The molecule has 0 spiro atoms. The number of likely N-dealkylation sites (tertiary alicyclic amines) is 1. The zero-order valence-electron chi connectivity index (χ0n) is 14.4. The number of nitrogens with zero attached hydrogens (tertiary/aromatic N) is 1. The number of carbonyl (C=O) groups is 1. The minimum Gasteiger partial charge on any atom is -0.481 e. The van der Waals surface area contributed by atoms with Gasteiger partial charge in [-0.15, -0.1) is 0 Å². The van der Waals surface area contributed by atoms with Gasteiger partial charge in [0, 0.05) is 21.7 Å². The van der Waals surface area contributed by atoms with E-state index in [-0.39, 0.29) is 5.92 Å². The van der Waals surface area contributed by atoms with Crippen molar-refractivity contribution in [3.63, 3.8) is 0 Å². The van der Waals surface area contributed by atoms with E-state index < -0.39 is 5.97 Å². The van der Waals surface area contributed by atoms with Gasteiger partial charge in [0.2, 0.25) is 0 Å². The Morgan fingerprint density at radius 1 is 1.04 bits per heavy atom. The molecule has 2 aromatic rings. The SMILES string of the molecule is O=C(O)C1CCN(C2CCc3cc(-c4c(Cl)cccc4Cl)ccc32)CC1. The zero-order valence-corrected chi connectivity index (χ0v) is 15.9. The lowest BCUT2D eigenvalue weighted by molar-refractivity contribution is -0.143. The maximum atomic E-state index is 11.2. The van der Waals surface area contributed by atoms with Crippen molar-refractivity contribution < 1.29 is 9.90 Å². The minimum atomic E-state index is -0.655. The second kappa shape index (κ2) is 7.22. The lowest BCUT2D eigenvalue weighted by Gasteiger charge is -2.35. The first-order valence-electron chi connectivity index (χ1n) is 9.08. The van der Waals surface area contributed by atoms with Crippen LogP contribution in [-0.4, -0.2) is 29.1 Å². The number of piperidine rings is 1. The zero-order chi connectivity index (χ0) is 18.3. The van der Waals surface area contributed by atoms with Crippen molar-refractivity contribution in [2.45, 2.75) is 31.7 Å². The monoisotopic (exact) mass is 389 g/mol. The summed E-state index contributed by atoms with van der Waals surface area (Å²) in [7, 11) is 0. The van der Waals surface area contributed by atoms with Gasteiger partial charge in [-0.3, -0.25) is 9.69 Å². The average molecular weight is 390 g/mol. The smallest absolute Gasteiger partial charge is 0.306 e. The lowest BCUT2D eigenvalue weighted by atomic mass is 9.94. The van der Waals surface area contributed by atoms with Crippen LogP contribution in [0.25, 0.3) is 11.1 Å². The van der Waals surface area contributed by atoms with E-state index in [2.05, 4.69) is 23.1 Å². The van der Waals surface area contributed by atoms with Crippen LogP contribution in [0.3, 0.4) is 0 Å². The molecule has 2 aromatic carbocycles. The van der Waals surface area contributed by atoms with Crippen molar-refractivity contribution in [2.75, 3.05) is 13.1 Å². The summed E-state index contributed by atoms with van der Waals surface area (Å²) in [6.07, 6.45) is 3.62. The Morgan fingerprint density at radius 2 is 1.73 bits per heavy atom. The third-order valence-corrected chi connectivity index (χ3v) is 6.39. The highest BCUT2D eigenvalue weighted by molar-refractivity contribution is 6.39. The van der Waals surface area contributed by atoms with Gasteiger partial charge in [-0.2, -0.15) is 0 Å². The number of carboxylic acids is 1. The number of benzene rings is 2. The molecule has 26 heavy (non-hydrogen) atoms. The molecular formula is C21H21Cl2NO2. The Kier molecular flexibility index (Phi) is 4.96. The highest BCUT2D eigenvalue weighted by Crippen LogP contribution is 2.41. The number of aryl methyl sites for hydroxylation is 1. The normalized spacial score (nSPS) is 20.9. The second-order valence-electron chi connectivity index (χ2n) is 7.21. The summed E-state index contributed by atoms with van der Waals surface area (Å²) in [6, 6.07) is 12.5. The molecule has 136 valence electrons. The van der Waals surface area contributed by atoms with E-state index in [1.807, 2.05) is 18.2 Å². The van der Waals surface area contributed by atoms with Crippen molar-refractivity contribution in [3.05, 3.63) is 57.6 Å².